The van der Waals surface area contributed by atoms with E-state index in [9.17, 15) is 9.59 Å². The van der Waals surface area contributed by atoms with Gasteiger partial charge in [-0.05, 0) is 108 Å². The lowest BCUT2D eigenvalue weighted by Gasteiger charge is -2.30. The van der Waals surface area contributed by atoms with E-state index >= 15 is 0 Å². The quantitative estimate of drug-likeness (QED) is 0.250. The predicted molar refractivity (Wildman–Crippen MR) is 225 cm³/mol. The summed E-state index contributed by atoms with van der Waals surface area (Å²) in [6.45, 7) is 14.9. The van der Waals surface area contributed by atoms with Gasteiger partial charge in [0.05, 0.1) is 5.41 Å². The molecular weight excluding hydrogens is 689 g/mol. The summed E-state index contributed by atoms with van der Waals surface area (Å²) in [7, 11) is 4.35. The maximum absolute atomic E-state index is 13.3. The number of carbonyl (C=O) groups excluding carboxylic acids is 2. The van der Waals surface area contributed by atoms with Crippen LogP contribution in [-0.4, -0.2) is 59.8 Å². The van der Waals surface area contributed by atoms with E-state index in [1.54, 1.807) is 0 Å². The average Bonchev–Trinajstić information content (AvgIpc) is 3.43. The van der Waals surface area contributed by atoms with Crippen LogP contribution in [-0.2, 0) is 20.4 Å². The molecule has 0 unspecified atom stereocenters. The number of carbonyl (C=O) groups is 2. The van der Waals surface area contributed by atoms with Crippen LogP contribution < -0.4 is 15.5 Å². The molecule has 2 aliphatic carbocycles. The van der Waals surface area contributed by atoms with Crippen LogP contribution in [0.4, 0.5) is 16.2 Å². The molecule has 2 aromatic rings. The number of rotatable bonds is 9. The Morgan fingerprint density at radius 1 is 0.889 bits per heavy atom. The van der Waals surface area contributed by atoms with E-state index in [0.717, 1.165) is 44.9 Å². The molecule has 0 bridgehead atoms. The van der Waals surface area contributed by atoms with Crippen molar-refractivity contribution in [2.75, 3.05) is 24.7 Å². The fourth-order valence-corrected chi connectivity index (χ4v) is 9.97. The fraction of sp³-hybridized carbons (Fsp3) is 0.500. The molecule has 1 saturated carbocycles. The summed E-state index contributed by atoms with van der Waals surface area (Å²) in [5.41, 5.74) is 9.83. The van der Waals surface area contributed by atoms with Crippen molar-refractivity contribution in [3.05, 3.63) is 106 Å². The number of nitrogens with zero attached hydrogens (tertiary/aromatic N) is 2. The molecule has 6 rings (SSSR count). The van der Waals surface area contributed by atoms with Crippen LogP contribution in [0.3, 0.4) is 0 Å². The van der Waals surface area contributed by atoms with Gasteiger partial charge in [-0.25, -0.2) is 4.79 Å². The number of allylic oxidation sites excluding steroid dienone is 7. The van der Waals surface area contributed by atoms with Gasteiger partial charge in [-0.2, -0.15) is 4.58 Å². The number of benzene rings is 2. The highest BCUT2D eigenvalue weighted by Gasteiger charge is 2.43. The number of anilines is 1. The Balaban J connectivity index is 1.18. The summed E-state index contributed by atoms with van der Waals surface area (Å²) < 4.78 is 7.77. The molecule has 2 heterocycles. The van der Waals surface area contributed by atoms with Gasteiger partial charge in [-0.15, -0.1) is 11.8 Å². The monoisotopic (exact) mass is 749 g/mol. The molecule has 0 radical (unpaired) electrons. The molecule has 1 fully saturated rings. The summed E-state index contributed by atoms with van der Waals surface area (Å²) in [4.78, 5) is 29.2. The van der Waals surface area contributed by atoms with Gasteiger partial charge < -0.3 is 20.3 Å². The molecule has 2 N–H and O–H groups in total. The van der Waals surface area contributed by atoms with Crippen LogP contribution in [0.1, 0.15) is 111 Å². The van der Waals surface area contributed by atoms with Crippen LogP contribution in [0.2, 0.25) is 0 Å². The molecule has 7 nitrogen and oxygen atoms in total. The summed E-state index contributed by atoms with van der Waals surface area (Å²) in [5, 5.41) is 6.30. The zero-order valence-corrected chi connectivity index (χ0v) is 34.8. The van der Waals surface area contributed by atoms with Gasteiger partial charge in [0.2, 0.25) is 11.6 Å². The molecule has 0 saturated heterocycles. The summed E-state index contributed by atoms with van der Waals surface area (Å²) in [5.74, 6) is 0.814. The number of amides is 2. The highest BCUT2D eigenvalue weighted by atomic mass is 32.2. The third kappa shape index (κ3) is 8.59. The highest BCUT2D eigenvalue weighted by molar-refractivity contribution is 8.03. The Bertz CT molecular complexity index is 1920. The Morgan fingerprint density at radius 2 is 1.54 bits per heavy atom. The molecule has 4 aliphatic rings. The number of para-hydroxylation sites is 2. The zero-order chi connectivity index (χ0) is 38.8. The van der Waals surface area contributed by atoms with Crippen molar-refractivity contribution in [2.24, 2.45) is 0 Å². The molecule has 2 amide bonds. The number of likely N-dealkylation sites (N-methyl/N-ethyl adjacent to an activating group) is 1. The van der Waals surface area contributed by atoms with Crippen molar-refractivity contribution < 1.29 is 18.9 Å². The lowest BCUT2D eigenvalue weighted by Crippen LogP contribution is -2.45. The first kappa shape index (κ1) is 39.6. The van der Waals surface area contributed by atoms with E-state index in [1.807, 2.05) is 32.5 Å². The molecule has 2 aliphatic heterocycles. The maximum atomic E-state index is 13.3. The van der Waals surface area contributed by atoms with Crippen LogP contribution >= 0.6 is 11.8 Å². The second kappa shape index (κ2) is 16.0. The highest BCUT2D eigenvalue weighted by Crippen LogP contribution is 2.47. The van der Waals surface area contributed by atoms with Crippen molar-refractivity contribution in [2.45, 2.75) is 128 Å². The number of alkyl carbamates (subject to hydrolysis) is 1. The van der Waals surface area contributed by atoms with Crippen LogP contribution in [0, 0.1) is 0 Å². The third-order valence-corrected chi connectivity index (χ3v) is 12.9. The molecule has 8 heteroatoms. The van der Waals surface area contributed by atoms with Crippen LogP contribution in [0.15, 0.2) is 94.6 Å². The normalized spacial score (nSPS) is 23.6. The molecule has 54 heavy (non-hydrogen) atoms. The van der Waals surface area contributed by atoms with E-state index in [2.05, 4.69) is 135 Å². The van der Waals surface area contributed by atoms with Crippen molar-refractivity contribution >= 4 is 40.8 Å². The Kier molecular flexibility index (Phi) is 11.7. The number of ether oxygens (including phenoxy) is 1. The third-order valence-electron chi connectivity index (χ3n) is 11.6. The van der Waals surface area contributed by atoms with E-state index in [1.165, 1.54) is 50.0 Å². The first-order valence-corrected chi connectivity index (χ1v) is 20.8. The average molecular weight is 750 g/mol. The SMILES string of the molecule is CN1/C(=C/C=C2\CCCC(/C=C/C3=[N+](C)c4ccccc4C3(C)C)=C2SCCC(=O)NC2CCC(NC(=O)OC(C)(C)C)CC2)C(C)(C)c2ccccc21. The second-order valence-corrected chi connectivity index (χ2v) is 18.5. The smallest absolute Gasteiger partial charge is 0.407 e. The van der Waals surface area contributed by atoms with Gasteiger partial charge in [0.1, 0.15) is 12.6 Å². The number of thioether (sulfide) groups is 1. The van der Waals surface area contributed by atoms with Gasteiger partial charge in [-0.3, -0.25) is 4.79 Å². The number of hydrogen-bond donors (Lipinski definition) is 2. The topological polar surface area (TPSA) is 73.7 Å². The molecule has 0 atom stereocenters. The van der Waals surface area contributed by atoms with Gasteiger partial charge in [-0.1, -0.05) is 62.4 Å². The van der Waals surface area contributed by atoms with Crippen molar-refractivity contribution in [3.63, 3.8) is 0 Å². The first-order valence-electron chi connectivity index (χ1n) is 19.8. The summed E-state index contributed by atoms with van der Waals surface area (Å²) in [6.07, 6.45) is 16.0. The standard InChI is InChI=1S/C46H60N4O3S/c1-44(2,3)53-43(52)48-34-25-23-33(24-26-34)47-41(51)29-30-54-42-31(21-27-39-45(4,5)35-17-10-12-19-37(35)49(39)8)15-14-16-32(42)22-28-40-46(6,7)36-18-11-13-20-38(36)50(40)9/h10-13,17-22,27-28,33-34H,14-16,23-26,29-30H2,1-9H3,(H-,47,48,51,52)/p+1. The van der Waals surface area contributed by atoms with Gasteiger partial charge in [0.25, 0.3) is 0 Å². The molecule has 0 spiro atoms. The first-order chi connectivity index (χ1) is 25.6. The zero-order valence-electron chi connectivity index (χ0n) is 34.0. The van der Waals surface area contributed by atoms with Crippen molar-refractivity contribution in [1.82, 2.24) is 10.6 Å². The van der Waals surface area contributed by atoms with E-state index < -0.39 is 5.60 Å². The van der Waals surface area contributed by atoms with Gasteiger partial charge in [0.15, 0.2) is 5.71 Å². The minimum atomic E-state index is -0.517. The van der Waals surface area contributed by atoms with E-state index in [4.69, 9.17) is 4.74 Å². The lowest BCUT2D eigenvalue weighted by molar-refractivity contribution is -0.401. The fourth-order valence-electron chi connectivity index (χ4n) is 8.77. The maximum Gasteiger partial charge on any atom is 0.407 e. The minimum Gasteiger partial charge on any atom is -0.444 e. The van der Waals surface area contributed by atoms with Crippen LogP contribution in [0.25, 0.3) is 0 Å². The molecule has 0 aromatic heterocycles. The van der Waals surface area contributed by atoms with Crippen molar-refractivity contribution in [3.8, 4) is 0 Å². The summed E-state index contributed by atoms with van der Waals surface area (Å²) in [6, 6.07) is 17.7. The molecular formula is C46H61N4O3S+. The van der Waals surface area contributed by atoms with E-state index in [-0.39, 0.29) is 34.9 Å². The largest absolute Gasteiger partial charge is 0.444 e. The second-order valence-electron chi connectivity index (χ2n) is 17.4. The number of fused-ring (bicyclic) bond motifs is 2. The molecule has 2 aromatic carbocycles. The molecule has 288 valence electrons. The number of nitrogens with one attached hydrogen (secondary N) is 2. The van der Waals surface area contributed by atoms with Crippen LogP contribution in [0.5, 0.6) is 0 Å². The lowest BCUT2D eigenvalue weighted by atomic mass is 9.81. The predicted octanol–water partition coefficient (Wildman–Crippen LogP) is 10.0. The Labute approximate surface area is 328 Å². The van der Waals surface area contributed by atoms with E-state index in [0.29, 0.717) is 12.2 Å². The van der Waals surface area contributed by atoms with Gasteiger partial charge >= 0.3 is 6.09 Å². The Hall–Kier alpha value is -4.04. The van der Waals surface area contributed by atoms with Gasteiger partial charge in [0, 0.05) is 70.7 Å². The number of hydrogen-bond acceptors (Lipinski definition) is 5. The van der Waals surface area contributed by atoms with Crippen molar-refractivity contribution in [1.29, 1.82) is 0 Å². The summed E-state index contributed by atoms with van der Waals surface area (Å²) >= 11 is 1.83. The minimum absolute atomic E-state index is 0.0825. The Morgan fingerprint density at radius 3 is 2.20 bits per heavy atom.